The third-order valence-electron chi connectivity index (χ3n) is 8.96. The van der Waals surface area contributed by atoms with Crippen molar-refractivity contribution < 1.29 is 18.3 Å². The van der Waals surface area contributed by atoms with Crippen LogP contribution in [-0.2, 0) is 4.79 Å². The highest BCUT2D eigenvalue weighted by molar-refractivity contribution is 6.36. The van der Waals surface area contributed by atoms with E-state index >= 15 is 4.39 Å². The first kappa shape index (κ1) is 34.7. The van der Waals surface area contributed by atoms with E-state index in [0.717, 1.165) is 16.8 Å². The Bertz CT molecular complexity index is 2080. The standard InChI is InChI=1S/C33H25ClF2N6O2.C5H11N/c1-44-33-39-30-25(12-11-24(29(30)36)23-9-4-6-20-7-5-10-26(34)28(20)23)31(40-33)41-16-17-42(22(19-41)13-14-37)32(43)27(35)18-21-8-2-3-15-38-21;1-6-4-2-3-5-6/h2-12,15,18,22H,13,16-17,19H2,1H3;2-5H2,1H3/b27-18-;. The van der Waals surface area contributed by atoms with E-state index < -0.39 is 23.6 Å². The highest BCUT2D eigenvalue weighted by Gasteiger charge is 2.34. The largest absolute Gasteiger partial charge is 0.467 e. The van der Waals surface area contributed by atoms with Gasteiger partial charge in [-0.2, -0.15) is 15.2 Å². The van der Waals surface area contributed by atoms with Gasteiger partial charge in [0.05, 0.1) is 31.3 Å². The lowest BCUT2D eigenvalue weighted by molar-refractivity contribution is -0.131. The average Bonchev–Trinajstić information content (AvgIpc) is 3.62. The molecule has 2 aliphatic rings. The van der Waals surface area contributed by atoms with Crippen LogP contribution >= 0.6 is 11.6 Å². The Morgan fingerprint density at radius 1 is 1.02 bits per heavy atom. The number of piperazine rings is 1. The predicted octanol–water partition coefficient (Wildman–Crippen LogP) is 7.30. The van der Waals surface area contributed by atoms with E-state index in [1.165, 1.54) is 44.1 Å². The molecule has 7 rings (SSSR count). The molecule has 9 nitrogen and oxygen atoms in total. The van der Waals surface area contributed by atoms with E-state index in [0.29, 0.717) is 33.0 Å². The van der Waals surface area contributed by atoms with Gasteiger partial charge in [-0.15, -0.1) is 0 Å². The molecule has 0 aliphatic carbocycles. The number of nitrogens with zero attached hydrogens (tertiary/aromatic N) is 7. The summed E-state index contributed by atoms with van der Waals surface area (Å²) < 4.78 is 36.7. The average molecular weight is 696 g/mol. The van der Waals surface area contributed by atoms with Crippen LogP contribution in [0.2, 0.25) is 5.02 Å². The number of pyridine rings is 1. The lowest BCUT2D eigenvalue weighted by atomic mass is 9.96. The first-order valence-corrected chi connectivity index (χ1v) is 16.8. The molecular weight excluding hydrogens is 660 g/mol. The van der Waals surface area contributed by atoms with Crippen LogP contribution < -0.4 is 9.64 Å². The second-order valence-corrected chi connectivity index (χ2v) is 12.6. The van der Waals surface area contributed by atoms with Gasteiger partial charge in [0.15, 0.2) is 11.6 Å². The van der Waals surface area contributed by atoms with Gasteiger partial charge in [0.25, 0.3) is 5.91 Å². The van der Waals surface area contributed by atoms with Crippen LogP contribution in [0.3, 0.4) is 0 Å². The molecule has 12 heteroatoms. The van der Waals surface area contributed by atoms with E-state index in [2.05, 4.69) is 33.0 Å². The number of aromatic nitrogens is 3. The summed E-state index contributed by atoms with van der Waals surface area (Å²) in [6.07, 6.45) is 5.36. The van der Waals surface area contributed by atoms with Gasteiger partial charge >= 0.3 is 6.01 Å². The number of methoxy groups -OCH3 is 1. The lowest BCUT2D eigenvalue weighted by Crippen LogP contribution is -2.55. The summed E-state index contributed by atoms with van der Waals surface area (Å²) >= 11 is 6.53. The summed E-state index contributed by atoms with van der Waals surface area (Å²) in [6.45, 7) is 3.16. The number of nitriles is 1. The topological polar surface area (TPSA) is 98.5 Å². The Labute approximate surface area is 294 Å². The molecule has 0 spiro atoms. The summed E-state index contributed by atoms with van der Waals surface area (Å²) in [5.74, 6) is -1.99. The molecule has 0 radical (unpaired) electrons. The molecule has 256 valence electrons. The van der Waals surface area contributed by atoms with Crippen molar-refractivity contribution in [3.8, 4) is 23.2 Å². The maximum Gasteiger partial charge on any atom is 0.318 e. The van der Waals surface area contributed by atoms with Gasteiger partial charge in [-0.25, -0.2) is 8.78 Å². The van der Waals surface area contributed by atoms with Crippen molar-refractivity contribution in [3.05, 3.63) is 95.3 Å². The van der Waals surface area contributed by atoms with Crippen LogP contribution in [0, 0.1) is 17.1 Å². The minimum absolute atomic E-state index is 0.0421. The second kappa shape index (κ2) is 15.6. The number of fused-ring (bicyclic) bond motifs is 2. The van der Waals surface area contributed by atoms with Crippen LogP contribution in [-0.4, -0.2) is 83.6 Å². The van der Waals surface area contributed by atoms with Crippen LogP contribution in [0.5, 0.6) is 6.01 Å². The third kappa shape index (κ3) is 7.37. The van der Waals surface area contributed by atoms with Crippen LogP contribution in [0.1, 0.15) is 25.0 Å². The molecule has 2 aliphatic heterocycles. The van der Waals surface area contributed by atoms with Gasteiger partial charge in [-0.05, 0) is 68.2 Å². The van der Waals surface area contributed by atoms with Crippen LogP contribution in [0.15, 0.2) is 78.8 Å². The minimum Gasteiger partial charge on any atom is -0.467 e. The van der Waals surface area contributed by atoms with E-state index in [1.807, 2.05) is 35.2 Å². The maximum absolute atomic E-state index is 16.4. The Balaban J connectivity index is 0.000000652. The van der Waals surface area contributed by atoms with Crippen molar-refractivity contribution in [2.45, 2.75) is 25.3 Å². The number of carbonyl (C=O) groups excluding carboxylic acids is 1. The number of halogens is 3. The van der Waals surface area contributed by atoms with Crippen LogP contribution in [0.25, 0.3) is 38.9 Å². The lowest BCUT2D eigenvalue weighted by Gasteiger charge is -2.41. The molecule has 3 aromatic carbocycles. The molecule has 0 saturated carbocycles. The Morgan fingerprint density at radius 2 is 1.80 bits per heavy atom. The first-order valence-electron chi connectivity index (χ1n) is 16.4. The van der Waals surface area contributed by atoms with Gasteiger partial charge in [0.1, 0.15) is 11.3 Å². The van der Waals surface area contributed by atoms with Gasteiger partial charge < -0.3 is 19.4 Å². The monoisotopic (exact) mass is 695 g/mol. The number of hydrogen-bond acceptors (Lipinski definition) is 8. The fraction of sp³-hybridized carbons (Fsp3) is 0.289. The minimum atomic E-state index is -0.975. The summed E-state index contributed by atoms with van der Waals surface area (Å²) in [5, 5.41) is 12.1. The number of ether oxygens (including phenoxy) is 1. The fourth-order valence-corrected chi connectivity index (χ4v) is 6.73. The van der Waals surface area contributed by atoms with E-state index in [9.17, 15) is 14.4 Å². The number of amides is 1. The molecule has 2 aromatic heterocycles. The second-order valence-electron chi connectivity index (χ2n) is 12.2. The normalized spacial score (nSPS) is 16.6. The van der Waals surface area contributed by atoms with Crippen molar-refractivity contribution in [1.82, 2.24) is 24.8 Å². The molecule has 5 aromatic rings. The van der Waals surface area contributed by atoms with Gasteiger partial charge in [0, 0.05) is 53.3 Å². The highest BCUT2D eigenvalue weighted by Crippen LogP contribution is 2.39. The van der Waals surface area contributed by atoms with Crippen molar-refractivity contribution in [3.63, 3.8) is 0 Å². The number of likely N-dealkylation sites (tertiary alicyclic amines) is 1. The fourth-order valence-electron chi connectivity index (χ4n) is 6.45. The van der Waals surface area contributed by atoms with Crippen molar-refractivity contribution in [1.29, 1.82) is 5.26 Å². The summed E-state index contributed by atoms with van der Waals surface area (Å²) in [7, 11) is 3.57. The Hall–Kier alpha value is -5.18. The number of carbonyl (C=O) groups is 1. The first-order chi connectivity index (χ1) is 24.3. The molecule has 1 unspecified atom stereocenters. The van der Waals surface area contributed by atoms with Gasteiger partial charge in [-0.1, -0.05) is 54.1 Å². The van der Waals surface area contributed by atoms with Crippen molar-refractivity contribution >= 4 is 51.1 Å². The molecule has 50 heavy (non-hydrogen) atoms. The Kier molecular flexibility index (Phi) is 10.8. The zero-order valence-electron chi connectivity index (χ0n) is 27.8. The molecular formula is C38H36ClF2N7O2. The smallest absolute Gasteiger partial charge is 0.318 e. The summed E-state index contributed by atoms with van der Waals surface area (Å²) in [5.41, 5.74) is 1.29. The SMILES string of the molecule is CN1CCCC1.COc1nc(N2CCN(C(=O)/C(F)=C/c3ccccn3)C(CC#N)C2)c2ccc(-c3cccc4cccc(Cl)c34)c(F)c2n1. The molecule has 0 bridgehead atoms. The Morgan fingerprint density at radius 3 is 2.48 bits per heavy atom. The zero-order valence-corrected chi connectivity index (χ0v) is 28.6. The maximum atomic E-state index is 16.4. The highest BCUT2D eigenvalue weighted by atomic mass is 35.5. The van der Waals surface area contributed by atoms with Crippen molar-refractivity contribution in [2.24, 2.45) is 0 Å². The van der Waals surface area contributed by atoms with Crippen LogP contribution in [0.4, 0.5) is 14.6 Å². The third-order valence-corrected chi connectivity index (χ3v) is 9.27. The molecule has 4 heterocycles. The number of rotatable bonds is 6. The molecule has 0 N–H and O–H groups in total. The van der Waals surface area contributed by atoms with E-state index in [1.54, 1.807) is 36.4 Å². The molecule has 2 saturated heterocycles. The van der Waals surface area contributed by atoms with Gasteiger partial charge in [-0.3, -0.25) is 9.78 Å². The number of hydrogen-bond donors (Lipinski definition) is 0. The van der Waals surface area contributed by atoms with E-state index in [4.69, 9.17) is 16.3 Å². The molecule has 1 amide bonds. The van der Waals surface area contributed by atoms with Crippen molar-refractivity contribution in [2.75, 3.05) is 51.8 Å². The number of anilines is 1. The quantitative estimate of drug-likeness (QED) is 0.171. The predicted molar refractivity (Wildman–Crippen MR) is 192 cm³/mol. The van der Waals surface area contributed by atoms with Gasteiger partial charge in [0.2, 0.25) is 0 Å². The summed E-state index contributed by atoms with van der Waals surface area (Å²) in [6, 6.07) is 20.9. The molecule has 1 atom stereocenters. The van der Waals surface area contributed by atoms with E-state index in [-0.39, 0.29) is 37.6 Å². The number of benzene rings is 3. The zero-order chi connectivity index (χ0) is 35.2. The molecule has 2 fully saturated rings. The summed E-state index contributed by atoms with van der Waals surface area (Å²) in [4.78, 5) is 31.6.